The molecule has 5 nitrogen and oxygen atoms in total. The lowest BCUT2D eigenvalue weighted by Crippen LogP contribution is -2.13. The van der Waals surface area contributed by atoms with Gasteiger partial charge in [0.1, 0.15) is 0 Å². The average Bonchev–Trinajstić information content (AvgIpc) is 3.33. The number of hydrogen-bond acceptors (Lipinski definition) is 5. The third-order valence-electron chi connectivity index (χ3n) is 3.73. The second-order valence-electron chi connectivity index (χ2n) is 5.32. The van der Waals surface area contributed by atoms with E-state index in [4.69, 9.17) is 0 Å². The number of aromatic nitrogens is 4. The molecule has 0 amide bonds. The van der Waals surface area contributed by atoms with Crippen LogP contribution in [0, 0.1) is 0 Å². The van der Waals surface area contributed by atoms with Gasteiger partial charge in [0.25, 0.3) is 0 Å². The van der Waals surface area contributed by atoms with Crippen LogP contribution in [0.25, 0.3) is 21.6 Å². The zero-order valence-electron chi connectivity index (χ0n) is 12.8. The summed E-state index contributed by atoms with van der Waals surface area (Å²) < 4.78 is 0. The molecule has 3 aromatic heterocycles. The molecule has 0 radical (unpaired) electrons. The van der Waals surface area contributed by atoms with E-state index >= 15 is 0 Å². The number of carbonyl (C=O) groups excluding carboxylic acids is 1. The molecule has 3 heterocycles. The van der Waals surface area contributed by atoms with Crippen molar-refractivity contribution < 1.29 is 4.79 Å². The molecule has 0 saturated heterocycles. The van der Waals surface area contributed by atoms with Crippen molar-refractivity contribution in [1.29, 1.82) is 0 Å². The Morgan fingerprint density at radius 3 is 2.96 bits per heavy atom. The number of aromatic amines is 2. The predicted molar refractivity (Wildman–Crippen MR) is 97.6 cm³/mol. The lowest BCUT2D eigenvalue weighted by molar-refractivity contribution is 0.0995. The van der Waals surface area contributed by atoms with Gasteiger partial charge >= 0.3 is 0 Å². The van der Waals surface area contributed by atoms with Crippen molar-refractivity contribution in [3.8, 4) is 10.7 Å². The van der Waals surface area contributed by atoms with E-state index in [-0.39, 0.29) is 11.0 Å². The van der Waals surface area contributed by atoms with E-state index in [9.17, 15) is 4.79 Å². The van der Waals surface area contributed by atoms with Crippen LogP contribution in [0.2, 0.25) is 0 Å². The highest BCUT2D eigenvalue weighted by atomic mass is 32.2. The van der Waals surface area contributed by atoms with E-state index in [1.165, 1.54) is 11.8 Å². The molecule has 4 rings (SSSR count). The fourth-order valence-corrected chi connectivity index (χ4v) is 3.98. The normalized spacial score (nSPS) is 12.5. The predicted octanol–water partition coefficient (Wildman–Crippen LogP) is 4.38. The number of fused-ring (bicyclic) bond motifs is 1. The first-order valence-electron chi connectivity index (χ1n) is 7.45. The molecule has 0 fully saturated rings. The van der Waals surface area contributed by atoms with Crippen LogP contribution in [0.15, 0.2) is 53.1 Å². The Kier molecular flexibility index (Phi) is 3.95. The smallest absolute Gasteiger partial charge is 0.209 e. The van der Waals surface area contributed by atoms with Crippen molar-refractivity contribution in [2.75, 3.05) is 0 Å². The van der Waals surface area contributed by atoms with Crippen molar-refractivity contribution in [3.63, 3.8) is 0 Å². The molecule has 4 aromatic rings. The molecule has 24 heavy (non-hydrogen) atoms. The summed E-state index contributed by atoms with van der Waals surface area (Å²) in [5.74, 6) is 0.805. The van der Waals surface area contributed by atoms with Crippen LogP contribution in [-0.2, 0) is 0 Å². The van der Waals surface area contributed by atoms with Gasteiger partial charge in [0.2, 0.25) is 5.16 Å². The van der Waals surface area contributed by atoms with Gasteiger partial charge in [-0.25, -0.2) is 4.98 Å². The number of ketones is 1. The third-order valence-corrected chi connectivity index (χ3v) is 5.56. The SMILES string of the molecule is CC(Sc1n[nH]c(-c2cccs2)n1)C(=O)c1c[nH]c2ccccc12. The lowest BCUT2D eigenvalue weighted by Gasteiger charge is -2.06. The molecular formula is C17H14N4OS2. The van der Waals surface area contributed by atoms with Gasteiger partial charge in [-0.05, 0) is 24.4 Å². The molecule has 1 atom stereocenters. The molecule has 0 spiro atoms. The van der Waals surface area contributed by atoms with Crippen molar-refractivity contribution in [2.24, 2.45) is 0 Å². The number of thioether (sulfide) groups is 1. The first-order valence-corrected chi connectivity index (χ1v) is 9.21. The second-order valence-corrected chi connectivity index (χ2v) is 7.57. The zero-order valence-corrected chi connectivity index (χ0v) is 14.4. The first-order chi connectivity index (χ1) is 11.7. The van der Waals surface area contributed by atoms with E-state index < -0.39 is 0 Å². The Morgan fingerprint density at radius 1 is 1.25 bits per heavy atom. The van der Waals surface area contributed by atoms with Gasteiger partial charge in [-0.1, -0.05) is 36.0 Å². The third kappa shape index (κ3) is 2.76. The molecular weight excluding hydrogens is 340 g/mol. The minimum absolute atomic E-state index is 0.0694. The second kappa shape index (κ2) is 6.26. The summed E-state index contributed by atoms with van der Waals surface area (Å²) in [5, 5.41) is 10.4. The maximum absolute atomic E-state index is 12.8. The van der Waals surface area contributed by atoms with Gasteiger partial charge in [-0.15, -0.1) is 16.4 Å². The Hall–Kier alpha value is -2.38. The Balaban J connectivity index is 1.54. The Bertz CT molecular complexity index is 987. The molecule has 0 bridgehead atoms. The summed E-state index contributed by atoms with van der Waals surface area (Å²) in [6.45, 7) is 1.88. The summed E-state index contributed by atoms with van der Waals surface area (Å²) in [6.07, 6.45) is 1.78. The van der Waals surface area contributed by atoms with Crippen molar-refractivity contribution in [2.45, 2.75) is 17.3 Å². The van der Waals surface area contributed by atoms with Gasteiger partial charge in [0.15, 0.2) is 11.6 Å². The van der Waals surface area contributed by atoms with E-state index in [1.54, 1.807) is 17.5 Å². The average molecular weight is 354 g/mol. The van der Waals surface area contributed by atoms with Crippen LogP contribution >= 0.6 is 23.1 Å². The highest BCUT2D eigenvalue weighted by Crippen LogP contribution is 2.28. The van der Waals surface area contributed by atoms with Crippen LogP contribution in [0.4, 0.5) is 0 Å². The summed E-state index contributed by atoms with van der Waals surface area (Å²) in [7, 11) is 0. The van der Waals surface area contributed by atoms with Crippen LogP contribution in [-0.4, -0.2) is 31.2 Å². The number of carbonyl (C=O) groups is 1. The minimum Gasteiger partial charge on any atom is -0.360 e. The van der Waals surface area contributed by atoms with E-state index in [1.807, 2.05) is 48.7 Å². The molecule has 1 aromatic carbocycles. The quantitative estimate of drug-likeness (QED) is 0.412. The topological polar surface area (TPSA) is 74.4 Å². The summed E-state index contributed by atoms with van der Waals surface area (Å²) in [6, 6.07) is 11.8. The van der Waals surface area contributed by atoms with E-state index in [0.29, 0.717) is 10.7 Å². The molecule has 1 unspecified atom stereocenters. The fourth-order valence-electron chi connectivity index (χ4n) is 2.53. The van der Waals surface area contributed by atoms with Gasteiger partial charge in [-0.2, -0.15) is 0 Å². The van der Waals surface area contributed by atoms with Crippen molar-refractivity contribution >= 4 is 39.8 Å². The zero-order chi connectivity index (χ0) is 16.5. The number of hydrogen-bond donors (Lipinski definition) is 2. The number of rotatable bonds is 5. The molecule has 120 valence electrons. The molecule has 0 aliphatic carbocycles. The minimum atomic E-state index is -0.267. The molecule has 0 aliphatic rings. The van der Waals surface area contributed by atoms with Crippen molar-refractivity contribution in [1.82, 2.24) is 20.2 Å². The Labute approximate surface area is 146 Å². The van der Waals surface area contributed by atoms with Crippen LogP contribution in [0.5, 0.6) is 0 Å². The molecule has 0 aliphatic heterocycles. The number of H-pyrrole nitrogens is 2. The highest BCUT2D eigenvalue weighted by molar-refractivity contribution is 8.00. The van der Waals surface area contributed by atoms with E-state index in [2.05, 4.69) is 20.2 Å². The molecule has 2 N–H and O–H groups in total. The standard InChI is InChI=1S/C17H14N4OS2/c1-10(15(22)12-9-18-13-6-3-2-5-11(12)13)24-17-19-16(20-21-17)14-7-4-8-23-14/h2-10,18H,1H3,(H,19,20,21). The van der Waals surface area contributed by atoms with Crippen molar-refractivity contribution in [3.05, 3.63) is 53.5 Å². The number of para-hydroxylation sites is 1. The fraction of sp³-hybridized carbons (Fsp3) is 0.118. The largest absolute Gasteiger partial charge is 0.360 e. The van der Waals surface area contributed by atoms with E-state index in [0.717, 1.165) is 21.6 Å². The van der Waals surface area contributed by atoms with Crippen LogP contribution in [0.1, 0.15) is 17.3 Å². The summed E-state index contributed by atoms with van der Waals surface area (Å²) in [5.41, 5.74) is 1.68. The maximum Gasteiger partial charge on any atom is 0.209 e. The highest BCUT2D eigenvalue weighted by Gasteiger charge is 2.21. The van der Waals surface area contributed by atoms with Gasteiger partial charge in [-0.3, -0.25) is 9.89 Å². The summed E-state index contributed by atoms with van der Waals surface area (Å²) in [4.78, 5) is 21.4. The van der Waals surface area contributed by atoms with Crippen LogP contribution in [0.3, 0.4) is 0 Å². The number of nitrogens with one attached hydrogen (secondary N) is 2. The number of thiophene rings is 1. The number of Topliss-reactive ketones (excluding diaryl/α,β-unsaturated/α-hetero) is 1. The van der Waals surface area contributed by atoms with Crippen LogP contribution < -0.4 is 0 Å². The molecule has 0 saturated carbocycles. The van der Waals surface area contributed by atoms with Gasteiger partial charge in [0, 0.05) is 22.7 Å². The van der Waals surface area contributed by atoms with Gasteiger partial charge in [0.05, 0.1) is 10.1 Å². The monoisotopic (exact) mass is 354 g/mol. The first kappa shape index (κ1) is 15.2. The van der Waals surface area contributed by atoms with Gasteiger partial charge < -0.3 is 4.98 Å². The molecule has 7 heteroatoms. The number of nitrogens with zero attached hydrogens (tertiary/aromatic N) is 2. The summed E-state index contributed by atoms with van der Waals surface area (Å²) >= 11 is 2.96. The Morgan fingerprint density at radius 2 is 2.12 bits per heavy atom. The number of benzene rings is 1. The lowest BCUT2D eigenvalue weighted by atomic mass is 10.1. The maximum atomic E-state index is 12.8.